The van der Waals surface area contributed by atoms with E-state index in [9.17, 15) is 13.2 Å². The highest BCUT2D eigenvalue weighted by atomic mass is 19.4. The zero-order chi connectivity index (χ0) is 14.9. The Hall–Kier alpha value is -2.56. The third-order valence-corrected chi connectivity index (χ3v) is 3.12. The largest absolute Gasteiger partial charge is 0.417 e. The van der Waals surface area contributed by atoms with Gasteiger partial charge in [-0.2, -0.15) is 18.3 Å². The third kappa shape index (κ3) is 2.67. The lowest BCUT2D eigenvalue weighted by Gasteiger charge is -2.10. The Morgan fingerprint density at radius 2 is 1.48 bits per heavy atom. The molecule has 0 radical (unpaired) electrons. The van der Waals surface area contributed by atoms with Gasteiger partial charge in [-0.25, -0.2) is 4.68 Å². The van der Waals surface area contributed by atoms with Crippen molar-refractivity contribution in [2.45, 2.75) is 6.18 Å². The number of para-hydroxylation sites is 1. The summed E-state index contributed by atoms with van der Waals surface area (Å²) in [5.74, 6) is 0. The highest BCUT2D eigenvalue weighted by Crippen LogP contribution is 2.36. The molecule has 0 aliphatic carbocycles. The molecule has 5 heteroatoms. The lowest BCUT2D eigenvalue weighted by Crippen LogP contribution is -2.07. The highest BCUT2D eigenvalue weighted by Gasteiger charge is 2.33. The van der Waals surface area contributed by atoms with Crippen molar-refractivity contribution in [1.82, 2.24) is 9.78 Å². The number of rotatable bonds is 2. The normalized spacial score (nSPS) is 11.6. The third-order valence-electron chi connectivity index (χ3n) is 3.12. The SMILES string of the molecule is FC(F)(F)c1ccccc1-c1ccn(-c2ccccc2)n1. The predicted octanol–water partition coefficient (Wildman–Crippen LogP) is 4.56. The molecule has 0 aliphatic heterocycles. The zero-order valence-corrected chi connectivity index (χ0v) is 10.9. The Balaban J connectivity index is 2.06. The molecule has 0 aliphatic rings. The molecule has 0 spiro atoms. The maximum atomic E-state index is 13.0. The van der Waals surface area contributed by atoms with Crippen LogP contribution in [0, 0.1) is 0 Å². The van der Waals surface area contributed by atoms with Crippen molar-refractivity contribution in [3.63, 3.8) is 0 Å². The van der Waals surface area contributed by atoms with E-state index in [0.717, 1.165) is 11.8 Å². The first kappa shape index (κ1) is 13.4. The van der Waals surface area contributed by atoms with Crippen LogP contribution in [0.3, 0.4) is 0 Å². The number of aromatic nitrogens is 2. The van der Waals surface area contributed by atoms with E-state index >= 15 is 0 Å². The second-order valence-electron chi connectivity index (χ2n) is 4.52. The standard InChI is InChI=1S/C16H11F3N2/c17-16(18,19)14-9-5-4-8-13(14)15-10-11-21(20-15)12-6-2-1-3-7-12/h1-11H. The Kier molecular flexibility index (Phi) is 3.25. The van der Waals surface area contributed by atoms with Gasteiger partial charge in [-0.05, 0) is 24.3 Å². The summed E-state index contributed by atoms with van der Waals surface area (Å²) in [6, 6.07) is 16.3. The van der Waals surface area contributed by atoms with Crippen LogP contribution < -0.4 is 0 Å². The second kappa shape index (κ2) is 5.09. The van der Waals surface area contributed by atoms with E-state index in [4.69, 9.17) is 0 Å². The van der Waals surface area contributed by atoms with E-state index < -0.39 is 11.7 Å². The van der Waals surface area contributed by atoms with Crippen molar-refractivity contribution in [3.05, 3.63) is 72.4 Å². The predicted molar refractivity (Wildman–Crippen MR) is 74.0 cm³/mol. The molecule has 0 amide bonds. The molecule has 0 saturated carbocycles. The smallest absolute Gasteiger partial charge is 0.240 e. The molecule has 2 nitrogen and oxygen atoms in total. The summed E-state index contributed by atoms with van der Waals surface area (Å²) in [5.41, 5.74) is 0.503. The van der Waals surface area contributed by atoms with Crippen LogP contribution in [-0.2, 0) is 6.18 Å². The van der Waals surface area contributed by atoms with Crippen LogP contribution >= 0.6 is 0 Å². The van der Waals surface area contributed by atoms with Crippen LogP contribution in [0.1, 0.15) is 5.56 Å². The van der Waals surface area contributed by atoms with Gasteiger partial charge in [-0.15, -0.1) is 0 Å². The fraction of sp³-hybridized carbons (Fsp3) is 0.0625. The van der Waals surface area contributed by atoms with Crippen molar-refractivity contribution in [3.8, 4) is 16.9 Å². The molecule has 1 aromatic heterocycles. The Bertz CT molecular complexity index is 745. The average Bonchev–Trinajstić information content (AvgIpc) is 2.97. The van der Waals surface area contributed by atoms with Crippen LogP contribution in [-0.4, -0.2) is 9.78 Å². The van der Waals surface area contributed by atoms with Gasteiger partial charge in [0.15, 0.2) is 0 Å². The molecule has 3 rings (SSSR count). The van der Waals surface area contributed by atoms with E-state index in [2.05, 4.69) is 5.10 Å². The fourth-order valence-electron chi connectivity index (χ4n) is 2.15. The molecule has 0 atom stereocenters. The lowest BCUT2D eigenvalue weighted by atomic mass is 10.0. The Morgan fingerprint density at radius 1 is 0.810 bits per heavy atom. The van der Waals surface area contributed by atoms with Gasteiger partial charge in [0.25, 0.3) is 0 Å². The van der Waals surface area contributed by atoms with Crippen LogP contribution in [0.2, 0.25) is 0 Å². The average molecular weight is 288 g/mol. The van der Waals surface area contributed by atoms with Crippen molar-refractivity contribution >= 4 is 0 Å². The van der Waals surface area contributed by atoms with Gasteiger partial charge in [-0.1, -0.05) is 36.4 Å². The van der Waals surface area contributed by atoms with Crippen molar-refractivity contribution in [1.29, 1.82) is 0 Å². The highest BCUT2D eigenvalue weighted by molar-refractivity contribution is 5.64. The first-order chi connectivity index (χ1) is 10.1. The number of hydrogen-bond acceptors (Lipinski definition) is 1. The van der Waals surface area contributed by atoms with Crippen LogP contribution in [0.15, 0.2) is 66.9 Å². The second-order valence-corrected chi connectivity index (χ2v) is 4.52. The molecular weight excluding hydrogens is 277 g/mol. The molecule has 21 heavy (non-hydrogen) atoms. The molecular formula is C16H11F3N2. The molecule has 0 bridgehead atoms. The fourth-order valence-corrected chi connectivity index (χ4v) is 2.15. The molecule has 0 fully saturated rings. The van der Waals surface area contributed by atoms with Crippen LogP contribution in [0.25, 0.3) is 16.9 Å². The molecule has 1 heterocycles. The van der Waals surface area contributed by atoms with Gasteiger partial charge in [-0.3, -0.25) is 0 Å². The van der Waals surface area contributed by atoms with E-state index in [1.165, 1.54) is 12.1 Å². The summed E-state index contributed by atoms with van der Waals surface area (Å²) >= 11 is 0. The quantitative estimate of drug-likeness (QED) is 0.676. The number of benzene rings is 2. The molecule has 2 aromatic carbocycles. The van der Waals surface area contributed by atoms with Gasteiger partial charge in [0.2, 0.25) is 0 Å². The summed E-state index contributed by atoms with van der Waals surface area (Å²) in [5, 5.41) is 4.24. The first-order valence-electron chi connectivity index (χ1n) is 6.33. The monoisotopic (exact) mass is 288 g/mol. The van der Waals surface area contributed by atoms with E-state index in [1.807, 2.05) is 30.3 Å². The number of alkyl halides is 3. The van der Waals surface area contributed by atoms with Crippen molar-refractivity contribution in [2.75, 3.05) is 0 Å². The summed E-state index contributed by atoms with van der Waals surface area (Å²) in [4.78, 5) is 0. The van der Waals surface area contributed by atoms with Gasteiger partial charge < -0.3 is 0 Å². The Labute approximate surface area is 119 Å². The number of hydrogen-bond donors (Lipinski definition) is 0. The molecule has 106 valence electrons. The summed E-state index contributed by atoms with van der Waals surface area (Å²) in [7, 11) is 0. The number of halogens is 3. The molecule has 0 N–H and O–H groups in total. The lowest BCUT2D eigenvalue weighted by molar-refractivity contribution is -0.137. The van der Waals surface area contributed by atoms with Gasteiger partial charge in [0, 0.05) is 11.8 Å². The summed E-state index contributed by atoms with van der Waals surface area (Å²) in [6.45, 7) is 0. The number of nitrogens with zero attached hydrogens (tertiary/aromatic N) is 2. The summed E-state index contributed by atoms with van der Waals surface area (Å²) in [6.07, 6.45) is -2.75. The van der Waals surface area contributed by atoms with Crippen molar-refractivity contribution in [2.24, 2.45) is 0 Å². The van der Waals surface area contributed by atoms with E-state index in [0.29, 0.717) is 5.69 Å². The van der Waals surface area contributed by atoms with Crippen LogP contribution in [0.4, 0.5) is 13.2 Å². The van der Waals surface area contributed by atoms with Gasteiger partial charge >= 0.3 is 6.18 Å². The Morgan fingerprint density at radius 3 is 2.19 bits per heavy atom. The van der Waals surface area contributed by atoms with E-state index in [-0.39, 0.29) is 5.56 Å². The molecule has 0 unspecified atom stereocenters. The minimum Gasteiger partial charge on any atom is -0.240 e. The first-order valence-corrected chi connectivity index (χ1v) is 6.33. The van der Waals surface area contributed by atoms with Gasteiger partial charge in [0.1, 0.15) is 0 Å². The maximum absolute atomic E-state index is 13.0. The minimum absolute atomic E-state index is 0.0830. The zero-order valence-electron chi connectivity index (χ0n) is 10.9. The van der Waals surface area contributed by atoms with Crippen molar-refractivity contribution < 1.29 is 13.2 Å². The summed E-state index contributed by atoms with van der Waals surface area (Å²) < 4.78 is 40.6. The maximum Gasteiger partial charge on any atom is 0.417 e. The van der Waals surface area contributed by atoms with Gasteiger partial charge in [0.05, 0.1) is 16.9 Å². The molecule has 0 saturated heterocycles. The van der Waals surface area contributed by atoms with Crippen LogP contribution in [0.5, 0.6) is 0 Å². The minimum atomic E-state index is -4.40. The topological polar surface area (TPSA) is 17.8 Å². The van der Waals surface area contributed by atoms with E-state index in [1.54, 1.807) is 23.0 Å². The molecule has 3 aromatic rings.